The van der Waals surface area contributed by atoms with Gasteiger partial charge in [-0.15, -0.1) is 5.10 Å². The van der Waals surface area contributed by atoms with Crippen LogP contribution < -0.4 is 5.32 Å². The van der Waals surface area contributed by atoms with E-state index in [1.54, 1.807) is 0 Å². The summed E-state index contributed by atoms with van der Waals surface area (Å²) in [7, 11) is 0. The van der Waals surface area contributed by atoms with Gasteiger partial charge in [-0.05, 0) is 31.0 Å². The smallest absolute Gasteiger partial charge is 0.160 e. The summed E-state index contributed by atoms with van der Waals surface area (Å²) >= 11 is 0. The van der Waals surface area contributed by atoms with Crippen LogP contribution in [0.2, 0.25) is 0 Å². The molecule has 26 heavy (non-hydrogen) atoms. The molecular weight excluding hydrogens is 324 g/mol. The van der Waals surface area contributed by atoms with E-state index < -0.39 is 0 Å². The zero-order valence-electron chi connectivity index (χ0n) is 14.6. The van der Waals surface area contributed by atoms with Crippen LogP contribution in [0.3, 0.4) is 0 Å². The van der Waals surface area contributed by atoms with E-state index in [-0.39, 0.29) is 5.78 Å². The third-order valence-electron chi connectivity index (χ3n) is 4.75. The summed E-state index contributed by atoms with van der Waals surface area (Å²) in [6.07, 6.45) is 2.12. The van der Waals surface area contributed by atoms with Crippen molar-refractivity contribution in [2.24, 2.45) is 0 Å². The molecule has 1 aliphatic carbocycles. The first-order valence-corrected chi connectivity index (χ1v) is 8.75. The molecular formula is C21H20N4O. The van der Waals surface area contributed by atoms with E-state index in [1.165, 1.54) is 5.56 Å². The van der Waals surface area contributed by atoms with E-state index in [1.807, 2.05) is 43.3 Å². The average Bonchev–Trinajstić information content (AvgIpc) is 3.25. The highest BCUT2D eigenvalue weighted by Crippen LogP contribution is 2.28. The molecule has 0 atom stereocenters. The number of ketones is 1. The van der Waals surface area contributed by atoms with Crippen molar-refractivity contribution in [3.63, 3.8) is 0 Å². The quantitative estimate of drug-likeness (QED) is 0.731. The van der Waals surface area contributed by atoms with Gasteiger partial charge in [-0.3, -0.25) is 9.89 Å². The zero-order valence-corrected chi connectivity index (χ0v) is 14.6. The number of carbonyl (C=O) groups excluding carboxylic acids is 1. The van der Waals surface area contributed by atoms with Crippen LogP contribution in [-0.2, 0) is 11.2 Å². The number of allylic oxidation sites excluding steroid dienone is 2. The van der Waals surface area contributed by atoms with Crippen molar-refractivity contribution in [1.82, 2.24) is 15.4 Å². The molecule has 0 amide bonds. The predicted molar refractivity (Wildman–Crippen MR) is 102 cm³/mol. The molecule has 5 heteroatoms. The van der Waals surface area contributed by atoms with Gasteiger partial charge < -0.3 is 5.32 Å². The first-order chi connectivity index (χ1) is 12.7. The molecule has 5 nitrogen and oxygen atoms in total. The lowest BCUT2D eigenvalue weighted by molar-refractivity contribution is -0.114. The van der Waals surface area contributed by atoms with Gasteiger partial charge in [0, 0.05) is 35.4 Å². The molecule has 0 saturated carbocycles. The zero-order chi connectivity index (χ0) is 17.9. The van der Waals surface area contributed by atoms with Gasteiger partial charge in [-0.1, -0.05) is 47.7 Å². The maximum absolute atomic E-state index is 11.7. The molecule has 3 aromatic rings. The van der Waals surface area contributed by atoms with Gasteiger partial charge in [0.05, 0.1) is 5.69 Å². The predicted octanol–water partition coefficient (Wildman–Crippen LogP) is 4.11. The van der Waals surface area contributed by atoms with Crippen molar-refractivity contribution in [3.05, 3.63) is 77.1 Å². The summed E-state index contributed by atoms with van der Waals surface area (Å²) in [4.78, 5) is 11.7. The fraction of sp³-hybridized carbons (Fsp3) is 0.190. The number of benzene rings is 2. The summed E-state index contributed by atoms with van der Waals surface area (Å²) in [5, 5.41) is 14.7. The summed E-state index contributed by atoms with van der Waals surface area (Å²) in [5.41, 5.74) is 6.85. The fourth-order valence-electron chi connectivity index (χ4n) is 3.26. The number of nitrogens with zero attached hydrogens (tertiary/aromatic N) is 2. The lowest BCUT2D eigenvalue weighted by atomic mass is 10.0. The minimum Gasteiger partial charge on any atom is -0.359 e. The van der Waals surface area contributed by atoms with Gasteiger partial charge in [0.15, 0.2) is 5.78 Å². The Kier molecular flexibility index (Phi) is 4.35. The molecule has 0 fully saturated rings. The highest BCUT2D eigenvalue weighted by molar-refractivity contribution is 5.98. The second-order valence-electron chi connectivity index (χ2n) is 6.53. The lowest BCUT2D eigenvalue weighted by Crippen LogP contribution is -2.00. The van der Waals surface area contributed by atoms with Crippen molar-refractivity contribution >= 4 is 11.5 Å². The van der Waals surface area contributed by atoms with Crippen molar-refractivity contribution in [1.29, 1.82) is 0 Å². The van der Waals surface area contributed by atoms with E-state index in [0.717, 1.165) is 46.8 Å². The van der Waals surface area contributed by atoms with Crippen LogP contribution in [0.1, 0.15) is 31.0 Å². The number of aromatic nitrogens is 3. The fourth-order valence-corrected chi connectivity index (χ4v) is 3.26. The number of carbonyl (C=O) groups is 1. The van der Waals surface area contributed by atoms with Gasteiger partial charge in [0.1, 0.15) is 5.69 Å². The van der Waals surface area contributed by atoms with E-state index in [2.05, 4.69) is 38.9 Å². The third-order valence-corrected chi connectivity index (χ3v) is 4.75. The third kappa shape index (κ3) is 3.28. The normalized spacial score (nSPS) is 14.1. The number of rotatable bonds is 5. The Bertz CT molecular complexity index is 972. The van der Waals surface area contributed by atoms with Crippen LogP contribution >= 0.6 is 0 Å². The number of aromatic amines is 1. The van der Waals surface area contributed by atoms with Crippen molar-refractivity contribution in [2.75, 3.05) is 5.32 Å². The first-order valence-electron chi connectivity index (χ1n) is 8.75. The molecule has 0 aliphatic heterocycles. The molecule has 0 radical (unpaired) electrons. The molecule has 2 N–H and O–H groups in total. The van der Waals surface area contributed by atoms with Gasteiger partial charge in [-0.2, -0.15) is 0 Å². The van der Waals surface area contributed by atoms with Crippen LogP contribution in [0.4, 0.5) is 5.69 Å². The summed E-state index contributed by atoms with van der Waals surface area (Å²) in [5.74, 6) is 0.227. The van der Waals surface area contributed by atoms with Crippen LogP contribution in [0.25, 0.3) is 11.3 Å². The molecule has 0 bridgehead atoms. The van der Waals surface area contributed by atoms with E-state index >= 15 is 0 Å². The highest BCUT2D eigenvalue weighted by Gasteiger charge is 2.19. The van der Waals surface area contributed by atoms with Crippen LogP contribution in [0.15, 0.2) is 65.9 Å². The Balaban J connectivity index is 1.60. The van der Waals surface area contributed by atoms with Crippen molar-refractivity contribution in [3.8, 4) is 11.3 Å². The van der Waals surface area contributed by atoms with Crippen LogP contribution in [0, 0.1) is 0 Å². The minimum atomic E-state index is 0.227. The maximum Gasteiger partial charge on any atom is 0.160 e. The Morgan fingerprint density at radius 1 is 1.08 bits per heavy atom. The Morgan fingerprint density at radius 3 is 2.69 bits per heavy atom. The highest BCUT2D eigenvalue weighted by atomic mass is 16.1. The van der Waals surface area contributed by atoms with Gasteiger partial charge in [0.2, 0.25) is 0 Å². The number of anilines is 1. The first kappa shape index (κ1) is 16.3. The van der Waals surface area contributed by atoms with Crippen LogP contribution in [-0.4, -0.2) is 21.2 Å². The second kappa shape index (κ2) is 6.96. The number of H-pyrrole nitrogens is 1. The molecule has 130 valence electrons. The Hall–Kier alpha value is -3.21. The lowest BCUT2D eigenvalue weighted by Gasteiger charge is -2.10. The Morgan fingerprint density at radius 2 is 1.92 bits per heavy atom. The molecule has 1 aromatic heterocycles. The average molecular weight is 344 g/mol. The van der Waals surface area contributed by atoms with Gasteiger partial charge >= 0.3 is 0 Å². The standard InChI is InChI=1S/C21H20N4O/c1-14-18(10-11-20(14)26)22-17-9-5-8-16(13-17)21-19(23-25-24-21)12-15-6-3-2-4-7-15/h2-9,13,22H,10-12H2,1H3,(H,23,24,25). The molecule has 4 rings (SSSR count). The molecule has 0 unspecified atom stereocenters. The largest absolute Gasteiger partial charge is 0.359 e. The number of nitrogens with one attached hydrogen (secondary N) is 2. The topological polar surface area (TPSA) is 70.7 Å². The monoisotopic (exact) mass is 344 g/mol. The van der Waals surface area contributed by atoms with Gasteiger partial charge in [0.25, 0.3) is 0 Å². The molecule has 1 heterocycles. The summed E-state index contributed by atoms with van der Waals surface area (Å²) in [6, 6.07) is 18.3. The van der Waals surface area contributed by atoms with Crippen molar-refractivity contribution < 1.29 is 4.79 Å². The second-order valence-corrected chi connectivity index (χ2v) is 6.53. The van der Waals surface area contributed by atoms with E-state index in [9.17, 15) is 4.79 Å². The van der Waals surface area contributed by atoms with Crippen LogP contribution in [0.5, 0.6) is 0 Å². The molecule has 2 aromatic carbocycles. The molecule has 0 saturated heterocycles. The molecule has 1 aliphatic rings. The van der Waals surface area contributed by atoms with E-state index in [0.29, 0.717) is 6.42 Å². The molecule has 0 spiro atoms. The number of Topliss-reactive ketones (excluding diaryl/α,β-unsaturated/α-hetero) is 1. The maximum atomic E-state index is 11.7. The number of hydrogen-bond donors (Lipinski definition) is 2. The SMILES string of the molecule is CC1=C(Nc2cccc(-c3nn[nH]c3Cc3ccccc3)c2)CCC1=O. The number of hydrogen-bond acceptors (Lipinski definition) is 4. The minimum absolute atomic E-state index is 0.227. The van der Waals surface area contributed by atoms with Gasteiger partial charge in [-0.25, -0.2) is 0 Å². The summed E-state index contributed by atoms with van der Waals surface area (Å²) in [6.45, 7) is 1.89. The van der Waals surface area contributed by atoms with E-state index in [4.69, 9.17) is 0 Å². The van der Waals surface area contributed by atoms with Crippen molar-refractivity contribution in [2.45, 2.75) is 26.2 Å². The Labute approximate surface area is 152 Å². The summed E-state index contributed by atoms with van der Waals surface area (Å²) < 4.78 is 0.